The number of methoxy groups -OCH3 is 1. The van der Waals surface area contributed by atoms with E-state index < -0.39 is 0 Å². The third kappa shape index (κ3) is 4.46. The van der Waals surface area contributed by atoms with Crippen LogP contribution >= 0.6 is 11.6 Å². The molecule has 0 aliphatic heterocycles. The lowest BCUT2D eigenvalue weighted by atomic mass is 9.98. The number of nitrogens with one attached hydrogen (secondary N) is 1. The molecule has 2 aromatic carbocycles. The predicted molar refractivity (Wildman–Crippen MR) is 87.7 cm³/mol. The van der Waals surface area contributed by atoms with Gasteiger partial charge < -0.3 is 4.74 Å². The minimum absolute atomic E-state index is 0.141. The molecule has 0 aromatic heterocycles. The van der Waals surface area contributed by atoms with Gasteiger partial charge in [0, 0.05) is 11.1 Å². The van der Waals surface area contributed by atoms with Crippen LogP contribution in [-0.4, -0.2) is 13.2 Å². The maximum atomic E-state index is 5.91. The predicted octanol–water partition coefficient (Wildman–Crippen LogP) is 3.27. The lowest BCUT2D eigenvalue weighted by Gasteiger charge is -2.18. The molecule has 0 spiro atoms. The van der Waals surface area contributed by atoms with Crippen LogP contribution in [0, 0.1) is 6.92 Å². The van der Waals surface area contributed by atoms with Crippen LogP contribution in [0.1, 0.15) is 16.7 Å². The quantitative estimate of drug-likeness (QED) is 0.636. The summed E-state index contributed by atoms with van der Waals surface area (Å²) < 4.78 is 5.43. The van der Waals surface area contributed by atoms with Gasteiger partial charge in [-0.1, -0.05) is 41.4 Å². The molecule has 0 aliphatic carbocycles. The van der Waals surface area contributed by atoms with Crippen LogP contribution in [0.15, 0.2) is 42.5 Å². The molecule has 2 rings (SSSR count). The van der Waals surface area contributed by atoms with Crippen LogP contribution < -0.4 is 16.0 Å². The molecule has 0 heterocycles. The van der Waals surface area contributed by atoms with Crippen LogP contribution in [-0.2, 0) is 12.8 Å². The van der Waals surface area contributed by atoms with Crippen molar-refractivity contribution in [2.45, 2.75) is 25.8 Å². The summed E-state index contributed by atoms with van der Waals surface area (Å²) in [6.45, 7) is 2.08. The van der Waals surface area contributed by atoms with Crippen molar-refractivity contribution in [1.29, 1.82) is 0 Å². The average molecular weight is 305 g/mol. The smallest absolute Gasteiger partial charge is 0.122 e. The highest BCUT2D eigenvalue weighted by molar-refractivity contribution is 6.30. The second kappa shape index (κ2) is 7.46. The van der Waals surface area contributed by atoms with Gasteiger partial charge in [0.2, 0.25) is 0 Å². The average Bonchev–Trinajstić information content (AvgIpc) is 2.49. The third-order valence-electron chi connectivity index (χ3n) is 3.53. The summed E-state index contributed by atoms with van der Waals surface area (Å²) in [5.74, 6) is 6.61. The molecule has 0 radical (unpaired) electrons. The Balaban J connectivity index is 2.11. The number of halogens is 1. The maximum absolute atomic E-state index is 5.91. The Bertz CT molecular complexity index is 584. The van der Waals surface area contributed by atoms with Crippen LogP contribution in [0.3, 0.4) is 0 Å². The van der Waals surface area contributed by atoms with Gasteiger partial charge in [-0.3, -0.25) is 11.3 Å². The Morgan fingerprint density at radius 2 is 1.86 bits per heavy atom. The highest BCUT2D eigenvalue weighted by Crippen LogP contribution is 2.22. The first-order valence-corrected chi connectivity index (χ1v) is 7.34. The van der Waals surface area contributed by atoms with Gasteiger partial charge in [0.1, 0.15) is 5.75 Å². The van der Waals surface area contributed by atoms with Crippen LogP contribution in [0.5, 0.6) is 5.75 Å². The Kier molecular flexibility index (Phi) is 5.62. The summed E-state index contributed by atoms with van der Waals surface area (Å²) in [6, 6.07) is 14.2. The largest absolute Gasteiger partial charge is 0.496 e. The van der Waals surface area contributed by atoms with E-state index in [1.54, 1.807) is 7.11 Å². The molecule has 1 unspecified atom stereocenters. The van der Waals surface area contributed by atoms with E-state index in [-0.39, 0.29) is 6.04 Å². The molecule has 0 aliphatic rings. The number of benzene rings is 2. The SMILES string of the molecule is COc1ccc(C)cc1CC(Cc1ccc(Cl)cc1)NN. The van der Waals surface area contributed by atoms with Crippen LogP contribution in [0.25, 0.3) is 0 Å². The van der Waals surface area contributed by atoms with E-state index in [4.69, 9.17) is 22.2 Å². The topological polar surface area (TPSA) is 47.3 Å². The molecular formula is C17H21ClN2O. The van der Waals surface area contributed by atoms with Crippen molar-refractivity contribution in [1.82, 2.24) is 5.43 Å². The molecule has 0 fully saturated rings. The van der Waals surface area contributed by atoms with Gasteiger partial charge in [-0.2, -0.15) is 0 Å². The Morgan fingerprint density at radius 1 is 1.14 bits per heavy atom. The van der Waals surface area contributed by atoms with Gasteiger partial charge in [-0.05, 0) is 49.1 Å². The molecule has 112 valence electrons. The molecule has 4 heteroatoms. The molecule has 2 aromatic rings. The number of ether oxygens (including phenoxy) is 1. The summed E-state index contributed by atoms with van der Waals surface area (Å²) >= 11 is 5.91. The van der Waals surface area contributed by atoms with Crippen molar-refractivity contribution in [3.8, 4) is 5.75 Å². The standard InChI is InChI=1S/C17H21ClN2O/c1-12-3-8-17(21-2)14(9-12)11-16(20-19)10-13-4-6-15(18)7-5-13/h3-9,16,20H,10-11,19H2,1-2H3. The minimum atomic E-state index is 0.141. The van der Waals surface area contributed by atoms with Crippen molar-refractivity contribution in [3.05, 3.63) is 64.2 Å². The number of hydrazine groups is 1. The molecule has 0 saturated carbocycles. The lowest BCUT2D eigenvalue weighted by Crippen LogP contribution is -2.38. The highest BCUT2D eigenvalue weighted by Gasteiger charge is 2.12. The number of hydrogen-bond donors (Lipinski definition) is 2. The molecule has 21 heavy (non-hydrogen) atoms. The minimum Gasteiger partial charge on any atom is -0.496 e. The summed E-state index contributed by atoms with van der Waals surface area (Å²) in [4.78, 5) is 0. The van der Waals surface area contributed by atoms with Gasteiger partial charge in [0.15, 0.2) is 0 Å². The monoisotopic (exact) mass is 304 g/mol. The Hall–Kier alpha value is -1.55. The number of hydrogen-bond acceptors (Lipinski definition) is 3. The summed E-state index contributed by atoms with van der Waals surface area (Å²) in [5.41, 5.74) is 6.48. The number of aryl methyl sites for hydroxylation is 1. The summed E-state index contributed by atoms with van der Waals surface area (Å²) in [5, 5.41) is 0.747. The molecule has 0 bridgehead atoms. The van der Waals surface area contributed by atoms with E-state index >= 15 is 0 Å². The van der Waals surface area contributed by atoms with E-state index in [2.05, 4.69) is 18.4 Å². The van der Waals surface area contributed by atoms with E-state index in [9.17, 15) is 0 Å². The van der Waals surface area contributed by atoms with E-state index in [0.717, 1.165) is 29.2 Å². The summed E-state index contributed by atoms with van der Waals surface area (Å²) in [6.07, 6.45) is 1.65. The van der Waals surface area contributed by atoms with Crippen molar-refractivity contribution < 1.29 is 4.74 Å². The Labute approximate surface area is 131 Å². The summed E-state index contributed by atoms with van der Waals surface area (Å²) in [7, 11) is 1.69. The lowest BCUT2D eigenvalue weighted by molar-refractivity contribution is 0.404. The molecule has 3 N–H and O–H groups in total. The Morgan fingerprint density at radius 3 is 2.48 bits per heavy atom. The van der Waals surface area contributed by atoms with Crippen molar-refractivity contribution in [3.63, 3.8) is 0 Å². The fourth-order valence-corrected chi connectivity index (χ4v) is 2.55. The second-order valence-corrected chi connectivity index (χ2v) is 5.65. The van der Waals surface area contributed by atoms with E-state index in [0.29, 0.717) is 0 Å². The maximum Gasteiger partial charge on any atom is 0.122 e. The molecular weight excluding hydrogens is 284 g/mol. The molecule has 0 saturated heterocycles. The number of rotatable bonds is 6. The third-order valence-corrected chi connectivity index (χ3v) is 3.79. The first-order chi connectivity index (χ1) is 10.1. The van der Waals surface area contributed by atoms with Gasteiger partial charge in [-0.25, -0.2) is 0 Å². The van der Waals surface area contributed by atoms with Crippen molar-refractivity contribution in [2.75, 3.05) is 7.11 Å². The van der Waals surface area contributed by atoms with Crippen LogP contribution in [0.2, 0.25) is 5.02 Å². The first kappa shape index (κ1) is 15.8. The fourth-order valence-electron chi connectivity index (χ4n) is 2.43. The molecule has 3 nitrogen and oxygen atoms in total. The fraction of sp³-hybridized carbons (Fsp3) is 0.294. The zero-order chi connectivity index (χ0) is 15.2. The normalized spacial score (nSPS) is 12.2. The molecule has 1 atom stereocenters. The van der Waals surface area contributed by atoms with Gasteiger partial charge in [0.25, 0.3) is 0 Å². The van der Waals surface area contributed by atoms with Gasteiger partial charge in [0.05, 0.1) is 7.11 Å². The molecule has 0 amide bonds. The van der Waals surface area contributed by atoms with Gasteiger partial charge >= 0.3 is 0 Å². The zero-order valence-corrected chi connectivity index (χ0v) is 13.2. The van der Waals surface area contributed by atoms with Crippen molar-refractivity contribution >= 4 is 11.6 Å². The first-order valence-electron chi connectivity index (χ1n) is 6.96. The number of nitrogens with two attached hydrogens (primary N) is 1. The second-order valence-electron chi connectivity index (χ2n) is 5.21. The van der Waals surface area contributed by atoms with Gasteiger partial charge in [-0.15, -0.1) is 0 Å². The van der Waals surface area contributed by atoms with E-state index in [1.807, 2.05) is 36.4 Å². The zero-order valence-electron chi connectivity index (χ0n) is 12.4. The highest BCUT2D eigenvalue weighted by atomic mass is 35.5. The van der Waals surface area contributed by atoms with Crippen LogP contribution in [0.4, 0.5) is 0 Å². The van der Waals surface area contributed by atoms with Crippen molar-refractivity contribution in [2.24, 2.45) is 5.84 Å². The van der Waals surface area contributed by atoms with E-state index in [1.165, 1.54) is 11.1 Å².